The van der Waals surface area contributed by atoms with Crippen molar-refractivity contribution in [2.24, 2.45) is 0 Å². The lowest BCUT2D eigenvalue weighted by atomic mass is 10.1. The van der Waals surface area contributed by atoms with Crippen LogP contribution in [0.15, 0.2) is 66.7 Å². The molecule has 1 aromatic heterocycles. The topological polar surface area (TPSA) is 84.9 Å². The van der Waals surface area contributed by atoms with Crippen molar-refractivity contribution in [1.82, 2.24) is 9.97 Å². The summed E-state index contributed by atoms with van der Waals surface area (Å²) in [4.78, 5) is 22.5. The third-order valence-corrected chi connectivity index (χ3v) is 4.71. The van der Waals surface area contributed by atoms with E-state index in [0.717, 1.165) is 33.7 Å². The Hall–Kier alpha value is -3.93. The standard InChI is InChI=1S/C23H21N5O/c1-28(2)19-9-6-16(7-10-19)23(29)25-18-8-11-20-21(13-18)27-22(26-20)17-5-3-4-15(12-17)14-24/h3-14,24H,1-2H3,(H,25,29)(H,26,27). The highest BCUT2D eigenvalue weighted by Gasteiger charge is 2.10. The number of aromatic amines is 1. The van der Waals surface area contributed by atoms with E-state index < -0.39 is 0 Å². The van der Waals surface area contributed by atoms with Crippen LogP contribution in [0.3, 0.4) is 0 Å². The number of carbonyl (C=O) groups is 1. The molecular weight excluding hydrogens is 362 g/mol. The molecule has 4 rings (SSSR count). The molecule has 1 amide bonds. The zero-order valence-corrected chi connectivity index (χ0v) is 16.2. The maximum Gasteiger partial charge on any atom is 0.255 e. The Balaban J connectivity index is 1.57. The van der Waals surface area contributed by atoms with Gasteiger partial charge in [0, 0.05) is 42.8 Å². The molecule has 0 fully saturated rings. The molecular formula is C23H21N5O. The van der Waals surface area contributed by atoms with Gasteiger partial charge in [-0.3, -0.25) is 4.79 Å². The third-order valence-electron chi connectivity index (χ3n) is 4.71. The van der Waals surface area contributed by atoms with E-state index in [1.807, 2.05) is 85.7 Å². The Kier molecular flexibility index (Phi) is 4.83. The summed E-state index contributed by atoms with van der Waals surface area (Å²) in [6, 6.07) is 20.7. The Morgan fingerprint density at radius 2 is 1.86 bits per heavy atom. The van der Waals surface area contributed by atoms with Gasteiger partial charge in [0.15, 0.2) is 0 Å². The predicted octanol–water partition coefficient (Wildman–Crippen LogP) is 4.55. The first kappa shape index (κ1) is 18.4. The number of nitrogens with zero attached hydrogens (tertiary/aromatic N) is 2. The van der Waals surface area contributed by atoms with E-state index in [2.05, 4.69) is 15.3 Å². The van der Waals surface area contributed by atoms with Crippen molar-refractivity contribution in [2.45, 2.75) is 0 Å². The van der Waals surface area contributed by atoms with Crippen LogP contribution >= 0.6 is 0 Å². The van der Waals surface area contributed by atoms with E-state index >= 15 is 0 Å². The van der Waals surface area contributed by atoms with Crippen LogP contribution in [-0.4, -0.2) is 36.2 Å². The van der Waals surface area contributed by atoms with E-state index in [0.29, 0.717) is 11.3 Å². The molecule has 29 heavy (non-hydrogen) atoms. The lowest BCUT2D eigenvalue weighted by molar-refractivity contribution is 0.102. The first-order chi connectivity index (χ1) is 14.0. The van der Waals surface area contributed by atoms with Crippen molar-refractivity contribution in [3.8, 4) is 11.4 Å². The summed E-state index contributed by atoms with van der Waals surface area (Å²) in [6.45, 7) is 0. The molecule has 0 radical (unpaired) electrons. The molecule has 3 N–H and O–H groups in total. The maximum atomic E-state index is 12.6. The molecule has 0 aliphatic heterocycles. The molecule has 1 heterocycles. The van der Waals surface area contributed by atoms with Crippen LogP contribution in [0.4, 0.5) is 11.4 Å². The fourth-order valence-electron chi connectivity index (χ4n) is 3.11. The van der Waals surface area contributed by atoms with E-state index in [1.165, 1.54) is 6.21 Å². The number of amides is 1. The molecule has 144 valence electrons. The molecule has 4 aromatic rings. The largest absolute Gasteiger partial charge is 0.378 e. The minimum Gasteiger partial charge on any atom is -0.378 e. The highest BCUT2D eigenvalue weighted by atomic mass is 16.1. The van der Waals surface area contributed by atoms with Crippen molar-refractivity contribution in [2.75, 3.05) is 24.3 Å². The van der Waals surface area contributed by atoms with Gasteiger partial charge in [0.1, 0.15) is 5.82 Å². The molecule has 0 saturated heterocycles. The Morgan fingerprint density at radius 3 is 2.59 bits per heavy atom. The number of H-pyrrole nitrogens is 1. The second-order valence-corrected chi connectivity index (χ2v) is 6.98. The maximum absolute atomic E-state index is 12.6. The van der Waals surface area contributed by atoms with Crippen LogP contribution in [0.5, 0.6) is 0 Å². The van der Waals surface area contributed by atoms with E-state index in [9.17, 15) is 4.79 Å². The molecule has 6 heteroatoms. The van der Waals surface area contributed by atoms with Crippen LogP contribution in [0.2, 0.25) is 0 Å². The van der Waals surface area contributed by atoms with Gasteiger partial charge < -0.3 is 20.6 Å². The summed E-state index contributed by atoms with van der Waals surface area (Å²) >= 11 is 0. The van der Waals surface area contributed by atoms with Crippen LogP contribution in [0.1, 0.15) is 15.9 Å². The van der Waals surface area contributed by atoms with Gasteiger partial charge in [-0.1, -0.05) is 18.2 Å². The number of hydrogen-bond acceptors (Lipinski definition) is 4. The van der Waals surface area contributed by atoms with Gasteiger partial charge in [-0.05, 0) is 54.1 Å². The fourth-order valence-corrected chi connectivity index (χ4v) is 3.11. The van der Waals surface area contributed by atoms with E-state index in [-0.39, 0.29) is 5.91 Å². The van der Waals surface area contributed by atoms with Gasteiger partial charge in [0.05, 0.1) is 11.0 Å². The van der Waals surface area contributed by atoms with Crippen LogP contribution in [-0.2, 0) is 0 Å². The Morgan fingerprint density at radius 1 is 1.07 bits per heavy atom. The molecule has 0 aliphatic carbocycles. The van der Waals surface area contributed by atoms with Gasteiger partial charge in [0.25, 0.3) is 5.91 Å². The molecule has 0 saturated carbocycles. The second-order valence-electron chi connectivity index (χ2n) is 6.98. The zero-order chi connectivity index (χ0) is 20.4. The smallest absolute Gasteiger partial charge is 0.255 e. The zero-order valence-electron chi connectivity index (χ0n) is 16.2. The molecule has 0 atom stereocenters. The summed E-state index contributed by atoms with van der Waals surface area (Å²) < 4.78 is 0. The van der Waals surface area contributed by atoms with Crippen LogP contribution in [0, 0.1) is 5.41 Å². The average molecular weight is 383 g/mol. The van der Waals surface area contributed by atoms with Gasteiger partial charge in [-0.2, -0.15) is 0 Å². The second kappa shape index (κ2) is 7.59. The summed E-state index contributed by atoms with van der Waals surface area (Å²) in [6.07, 6.45) is 1.31. The lowest BCUT2D eigenvalue weighted by Gasteiger charge is -2.12. The van der Waals surface area contributed by atoms with Gasteiger partial charge in [0.2, 0.25) is 0 Å². The van der Waals surface area contributed by atoms with Crippen LogP contribution in [0.25, 0.3) is 22.4 Å². The van der Waals surface area contributed by atoms with Gasteiger partial charge in [-0.25, -0.2) is 4.98 Å². The number of hydrogen-bond donors (Lipinski definition) is 3. The molecule has 3 aromatic carbocycles. The van der Waals surface area contributed by atoms with Crippen molar-refractivity contribution >= 4 is 34.5 Å². The summed E-state index contributed by atoms with van der Waals surface area (Å²) in [7, 11) is 3.93. The average Bonchev–Trinajstić information content (AvgIpc) is 3.17. The van der Waals surface area contributed by atoms with Crippen LogP contribution < -0.4 is 10.2 Å². The number of rotatable bonds is 5. The van der Waals surface area contributed by atoms with Gasteiger partial charge >= 0.3 is 0 Å². The molecule has 0 unspecified atom stereocenters. The molecule has 0 spiro atoms. The molecule has 0 aliphatic rings. The van der Waals surface area contributed by atoms with Gasteiger partial charge in [-0.15, -0.1) is 0 Å². The SMILES string of the molecule is CN(C)c1ccc(C(=O)Nc2ccc3nc(-c4cccc(C=N)c4)[nH]c3c2)cc1. The minimum absolute atomic E-state index is 0.159. The van der Waals surface area contributed by atoms with Crippen molar-refractivity contribution in [3.05, 3.63) is 77.9 Å². The highest BCUT2D eigenvalue weighted by Crippen LogP contribution is 2.24. The normalized spacial score (nSPS) is 10.7. The van der Waals surface area contributed by atoms with Crippen molar-refractivity contribution in [3.63, 3.8) is 0 Å². The first-order valence-electron chi connectivity index (χ1n) is 9.23. The summed E-state index contributed by atoms with van der Waals surface area (Å²) in [5, 5.41) is 10.3. The number of fused-ring (bicyclic) bond motifs is 1. The number of carbonyl (C=O) groups excluding carboxylic acids is 1. The number of imidazole rings is 1. The van der Waals surface area contributed by atoms with Crippen molar-refractivity contribution in [1.29, 1.82) is 5.41 Å². The first-order valence-corrected chi connectivity index (χ1v) is 9.23. The third kappa shape index (κ3) is 3.87. The number of benzene rings is 3. The monoisotopic (exact) mass is 383 g/mol. The highest BCUT2D eigenvalue weighted by molar-refractivity contribution is 6.05. The molecule has 0 bridgehead atoms. The van der Waals surface area contributed by atoms with E-state index in [1.54, 1.807) is 0 Å². The minimum atomic E-state index is -0.159. The summed E-state index contributed by atoms with van der Waals surface area (Å²) in [5.74, 6) is 0.569. The quantitative estimate of drug-likeness (QED) is 0.442. The fraction of sp³-hybridized carbons (Fsp3) is 0.0870. The number of anilines is 2. The number of nitrogens with one attached hydrogen (secondary N) is 3. The lowest BCUT2D eigenvalue weighted by Crippen LogP contribution is -2.13. The Bertz CT molecular complexity index is 1190. The summed E-state index contributed by atoms with van der Waals surface area (Å²) in [5.41, 5.74) is 5.71. The van der Waals surface area contributed by atoms with Crippen molar-refractivity contribution < 1.29 is 4.79 Å². The Labute approximate surface area is 168 Å². The molecule has 6 nitrogen and oxygen atoms in total. The predicted molar refractivity (Wildman–Crippen MR) is 118 cm³/mol. The van der Waals surface area contributed by atoms with E-state index in [4.69, 9.17) is 5.41 Å². The number of aromatic nitrogens is 2.